The minimum atomic E-state index is -0.423. The molecule has 1 saturated carbocycles. The number of ketones is 1. The molecule has 0 aromatic carbocycles. The highest BCUT2D eigenvalue weighted by molar-refractivity contribution is 5.94. The summed E-state index contributed by atoms with van der Waals surface area (Å²) in [6.07, 6.45) is 8.54. The van der Waals surface area contributed by atoms with Crippen molar-refractivity contribution in [2.24, 2.45) is 16.7 Å². The lowest BCUT2D eigenvalue weighted by atomic mass is 9.47. The molecule has 0 radical (unpaired) electrons. The molecule has 1 fully saturated rings. The van der Waals surface area contributed by atoms with Crippen molar-refractivity contribution in [3.05, 3.63) is 29.2 Å². The number of aromatic nitrogens is 1. The van der Waals surface area contributed by atoms with Crippen molar-refractivity contribution in [1.29, 1.82) is 0 Å². The predicted molar refractivity (Wildman–Crippen MR) is 80.3 cm³/mol. The molecule has 22 heavy (non-hydrogen) atoms. The summed E-state index contributed by atoms with van der Waals surface area (Å²) < 4.78 is 5.46. The van der Waals surface area contributed by atoms with Gasteiger partial charge in [0.1, 0.15) is 12.0 Å². The SMILES string of the molecule is C[C@H]1c2oncc2CC2(C)C3=CC(=O)CC[C@]3(C=O)CCC12. The summed E-state index contributed by atoms with van der Waals surface area (Å²) in [5.41, 5.74) is 1.63. The van der Waals surface area contributed by atoms with Gasteiger partial charge in [0.25, 0.3) is 0 Å². The van der Waals surface area contributed by atoms with Gasteiger partial charge in [-0.1, -0.05) is 19.0 Å². The fraction of sp³-hybridized carbons (Fsp3) is 0.611. The highest BCUT2D eigenvalue weighted by Crippen LogP contribution is 2.62. The Hall–Kier alpha value is -1.71. The van der Waals surface area contributed by atoms with Gasteiger partial charge in [0, 0.05) is 23.3 Å². The Morgan fingerprint density at radius 2 is 2.23 bits per heavy atom. The standard InChI is InChI=1S/C18H21NO3/c1-11-14-4-6-18(10-20)5-3-13(21)7-15(18)17(14,2)8-12-9-19-22-16(11)12/h7,9-11,14H,3-6,8H2,1-2H3/t11-,14?,17?,18-/m1/s1. The van der Waals surface area contributed by atoms with Gasteiger partial charge in [0.15, 0.2) is 5.78 Å². The minimum absolute atomic E-state index is 0.146. The largest absolute Gasteiger partial charge is 0.361 e. The van der Waals surface area contributed by atoms with Crippen molar-refractivity contribution >= 4 is 12.1 Å². The van der Waals surface area contributed by atoms with E-state index in [1.165, 1.54) is 0 Å². The number of aldehydes is 1. The first-order valence-electron chi connectivity index (χ1n) is 8.15. The third-order valence-corrected chi connectivity index (χ3v) is 6.47. The average Bonchev–Trinajstić information content (AvgIpc) is 2.96. The first kappa shape index (κ1) is 13.9. The van der Waals surface area contributed by atoms with Gasteiger partial charge < -0.3 is 9.32 Å². The normalized spacial score (nSPS) is 40.3. The highest BCUT2D eigenvalue weighted by atomic mass is 16.5. The van der Waals surface area contributed by atoms with Crippen LogP contribution in [0.5, 0.6) is 0 Å². The van der Waals surface area contributed by atoms with E-state index >= 15 is 0 Å². The van der Waals surface area contributed by atoms with Gasteiger partial charge in [-0.05, 0) is 48.7 Å². The Morgan fingerprint density at radius 3 is 3.00 bits per heavy atom. The Balaban J connectivity index is 1.89. The van der Waals surface area contributed by atoms with Crippen LogP contribution >= 0.6 is 0 Å². The Bertz CT molecular complexity index is 688. The minimum Gasteiger partial charge on any atom is -0.361 e. The van der Waals surface area contributed by atoms with Crippen LogP contribution in [-0.2, 0) is 16.0 Å². The predicted octanol–water partition coefficient (Wildman–Crippen LogP) is 3.23. The fourth-order valence-electron chi connectivity index (χ4n) is 5.35. The zero-order chi connectivity index (χ0) is 15.5. The Morgan fingerprint density at radius 1 is 1.41 bits per heavy atom. The number of nitrogens with zero attached hydrogens (tertiary/aromatic N) is 1. The summed E-state index contributed by atoms with van der Waals surface area (Å²) in [4.78, 5) is 24.0. The van der Waals surface area contributed by atoms with E-state index in [0.717, 1.165) is 42.4 Å². The number of allylic oxidation sites excluding steroid dienone is 2. The van der Waals surface area contributed by atoms with Gasteiger partial charge in [0.2, 0.25) is 0 Å². The molecule has 1 aromatic heterocycles. The van der Waals surface area contributed by atoms with Crippen molar-refractivity contribution in [2.75, 3.05) is 0 Å². The number of carbonyl (C=O) groups is 2. The van der Waals surface area contributed by atoms with Gasteiger partial charge in [-0.25, -0.2) is 0 Å². The molecule has 116 valence electrons. The lowest BCUT2D eigenvalue weighted by Gasteiger charge is -2.55. The average molecular weight is 299 g/mol. The van der Waals surface area contributed by atoms with Crippen LogP contribution in [0.3, 0.4) is 0 Å². The second kappa shape index (κ2) is 4.40. The third kappa shape index (κ3) is 1.61. The van der Waals surface area contributed by atoms with E-state index in [0.29, 0.717) is 18.8 Å². The monoisotopic (exact) mass is 299 g/mol. The molecule has 0 amide bonds. The van der Waals surface area contributed by atoms with E-state index < -0.39 is 5.41 Å². The molecule has 1 heterocycles. The van der Waals surface area contributed by atoms with E-state index in [-0.39, 0.29) is 17.1 Å². The fourth-order valence-corrected chi connectivity index (χ4v) is 5.35. The molecule has 3 aliphatic rings. The molecule has 1 aromatic rings. The lowest BCUT2D eigenvalue weighted by molar-refractivity contribution is -0.121. The number of rotatable bonds is 1. The molecule has 4 rings (SSSR count). The van der Waals surface area contributed by atoms with E-state index in [2.05, 4.69) is 19.0 Å². The molecule has 2 unspecified atom stereocenters. The zero-order valence-electron chi connectivity index (χ0n) is 13.1. The summed E-state index contributed by atoms with van der Waals surface area (Å²) >= 11 is 0. The van der Waals surface area contributed by atoms with Crippen LogP contribution < -0.4 is 0 Å². The summed E-state index contributed by atoms with van der Waals surface area (Å²) in [5.74, 6) is 1.83. The molecule has 0 N–H and O–H groups in total. The Kier molecular flexibility index (Phi) is 2.78. The van der Waals surface area contributed by atoms with Gasteiger partial charge >= 0.3 is 0 Å². The summed E-state index contributed by atoms with van der Waals surface area (Å²) in [7, 11) is 0. The molecule has 4 atom stereocenters. The lowest BCUT2D eigenvalue weighted by Crippen LogP contribution is -2.50. The molecular formula is C18H21NO3. The van der Waals surface area contributed by atoms with E-state index in [9.17, 15) is 9.59 Å². The van der Waals surface area contributed by atoms with Gasteiger partial charge in [-0.3, -0.25) is 4.79 Å². The molecule has 0 aliphatic heterocycles. The molecule has 0 saturated heterocycles. The molecule has 4 nitrogen and oxygen atoms in total. The summed E-state index contributed by atoms with van der Waals surface area (Å²) in [6, 6.07) is 0. The van der Waals surface area contributed by atoms with E-state index in [1.54, 1.807) is 12.3 Å². The maximum absolute atomic E-state index is 12.0. The Labute approximate surface area is 129 Å². The van der Waals surface area contributed by atoms with E-state index in [1.807, 2.05) is 0 Å². The van der Waals surface area contributed by atoms with Crippen molar-refractivity contribution in [3.8, 4) is 0 Å². The van der Waals surface area contributed by atoms with Gasteiger partial charge in [0.05, 0.1) is 6.20 Å². The van der Waals surface area contributed by atoms with Crippen LogP contribution in [0.15, 0.2) is 22.4 Å². The van der Waals surface area contributed by atoms with Crippen LogP contribution in [0.25, 0.3) is 0 Å². The van der Waals surface area contributed by atoms with Crippen LogP contribution in [-0.4, -0.2) is 17.2 Å². The second-order valence-corrected chi connectivity index (χ2v) is 7.54. The molecule has 3 aliphatic carbocycles. The zero-order valence-corrected chi connectivity index (χ0v) is 13.1. The van der Waals surface area contributed by atoms with Crippen molar-refractivity contribution in [1.82, 2.24) is 5.16 Å². The molecule has 0 spiro atoms. The van der Waals surface area contributed by atoms with Crippen LogP contribution in [0.4, 0.5) is 0 Å². The molecule has 4 heteroatoms. The van der Waals surface area contributed by atoms with Crippen molar-refractivity contribution in [3.63, 3.8) is 0 Å². The first-order valence-corrected chi connectivity index (χ1v) is 8.15. The van der Waals surface area contributed by atoms with E-state index in [4.69, 9.17) is 4.52 Å². The highest BCUT2D eigenvalue weighted by Gasteiger charge is 2.57. The maximum Gasteiger partial charge on any atom is 0.155 e. The molecular weight excluding hydrogens is 278 g/mol. The first-order chi connectivity index (χ1) is 10.5. The van der Waals surface area contributed by atoms with Crippen LogP contribution in [0.1, 0.15) is 56.8 Å². The van der Waals surface area contributed by atoms with Crippen LogP contribution in [0, 0.1) is 16.7 Å². The number of hydrogen-bond donors (Lipinski definition) is 0. The number of hydrogen-bond acceptors (Lipinski definition) is 4. The van der Waals surface area contributed by atoms with Crippen LogP contribution in [0.2, 0.25) is 0 Å². The van der Waals surface area contributed by atoms with Gasteiger partial charge in [-0.15, -0.1) is 0 Å². The number of carbonyl (C=O) groups excluding carboxylic acids is 2. The molecule has 0 bridgehead atoms. The number of fused-ring (bicyclic) bond motifs is 4. The maximum atomic E-state index is 12.0. The summed E-state index contributed by atoms with van der Waals surface area (Å²) in [6.45, 7) is 4.41. The van der Waals surface area contributed by atoms with Gasteiger partial charge in [-0.2, -0.15) is 0 Å². The quantitative estimate of drug-likeness (QED) is 0.747. The smallest absolute Gasteiger partial charge is 0.155 e. The van der Waals surface area contributed by atoms with Crippen molar-refractivity contribution < 1.29 is 14.1 Å². The summed E-state index contributed by atoms with van der Waals surface area (Å²) in [5, 5.41) is 3.97. The van der Waals surface area contributed by atoms with Crippen molar-refractivity contribution in [2.45, 2.75) is 51.9 Å². The third-order valence-electron chi connectivity index (χ3n) is 6.47. The second-order valence-electron chi connectivity index (χ2n) is 7.54. The topological polar surface area (TPSA) is 60.2 Å².